The fourth-order valence-corrected chi connectivity index (χ4v) is 3.17. The number of aromatic nitrogens is 4. The summed E-state index contributed by atoms with van der Waals surface area (Å²) in [6.07, 6.45) is 10.7. The second-order valence-electron chi connectivity index (χ2n) is 6.67. The number of aryl methyl sites for hydroxylation is 2. The SMILES string of the molecule is C=CC(=O)NC1CCCC(Nc2nc(Nc3cnn(C)c3)ncc2C)C1. The van der Waals surface area contributed by atoms with E-state index in [1.54, 1.807) is 17.1 Å². The Balaban J connectivity index is 1.65. The van der Waals surface area contributed by atoms with Gasteiger partial charge in [-0.25, -0.2) is 4.98 Å². The molecular formula is C18H25N7O. The summed E-state index contributed by atoms with van der Waals surface area (Å²) >= 11 is 0. The van der Waals surface area contributed by atoms with Crippen molar-refractivity contribution < 1.29 is 4.79 Å². The summed E-state index contributed by atoms with van der Waals surface area (Å²) in [5, 5.41) is 13.8. The van der Waals surface area contributed by atoms with Crippen molar-refractivity contribution in [2.24, 2.45) is 7.05 Å². The second kappa shape index (κ2) is 7.99. The number of anilines is 3. The minimum atomic E-state index is -0.114. The Kier molecular flexibility index (Phi) is 5.50. The van der Waals surface area contributed by atoms with Crippen LogP contribution in [0, 0.1) is 6.92 Å². The van der Waals surface area contributed by atoms with Crippen LogP contribution in [0.4, 0.5) is 17.5 Å². The summed E-state index contributed by atoms with van der Waals surface area (Å²) < 4.78 is 1.72. The van der Waals surface area contributed by atoms with E-state index >= 15 is 0 Å². The van der Waals surface area contributed by atoms with Crippen molar-refractivity contribution >= 4 is 23.4 Å². The Morgan fingerprint density at radius 3 is 2.88 bits per heavy atom. The summed E-state index contributed by atoms with van der Waals surface area (Å²) in [4.78, 5) is 20.5. The van der Waals surface area contributed by atoms with Gasteiger partial charge in [-0.2, -0.15) is 10.1 Å². The Labute approximate surface area is 153 Å². The maximum atomic E-state index is 11.5. The minimum absolute atomic E-state index is 0.114. The fourth-order valence-electron chi connectivity index (χ4n) is 3.17. The van der Waals surface area contributed by atoms with Gasteiger partial charge in [-0.1, -0.05) is 6.58 Å². The lowest BCUT2D eigenvalue weighted by atomic mass is 9.91. The molecule has 8 nitrogen and oxygen atoms in total. The fraction of sp³-hybridized carbons (Fsp3) is 0.444. The summed E-state index contributed by atoms with van der Waals surface area (Å²) in [6.45, 7) is 5.49. The molecular weight excluding hydrogens is 330 g/mol. The lowest BCUT2D eigenvalue weighted by Gasteiger charge is -2.30. The molecule has 2 aromatic rings. The predicted molar refractivity (Wildman–Crippen MR) is 101 cm³/mol. The van der Waals surface area contributed by atoms with Gasteiger partial charge in [-0.05, 0) is 38.7 Å². The van der Waals surface area contributed by atoms with Crippen molar-refractivity contribution in [2.75, 3.05) is 10.6 Å². The second-order valence-corrected chi connectivity index (χ2v) is 6.67. The third-order valence-electron chi connectivity index (χ3n) is 4.48. The zero-order chi connectivity index (χ0) is 18.5. The van der Waals surface area contributed by atoms with Crippen molar-refractivity contribution in [2.45, 2.75) is 44.7 Å². The van der Waals surface area contributed by atoms with Crippen LogP contribution in [0.2, 0.25) is 0 Å². The molecule has 2 aromatic heterocycles. The normalized spacial score (nSPS) is 19.6. The first-order valence-corrected chi connectivity index (χ1v) is 8.82. The first-order chi connectivity index (χ1) is 12.5. The first-order valence-electron chi connectivity index (χ1n) is 8.82. The standard InChI is InChI=1S/C18H25N7O/c1-4-16(26)21-13-6-5-7-14(8-13)22-17-12(2)9-19-18(24-17)23-15-10-20-25(3)11-15/h4,9-11,13-14H,1,5-8H2,2-3H3,(H,21,26)(H2,19,22,23,24). The van der Waals surface area contributed by atoms with Crippen molar-refractivity contribution in [1.29, 1.82) is 0 Å². The van der Waals surface area contributed by atoms with Crippen LogP contribution in [-0.4, -0.2) is 37.7 Å². The maximum absolute atomic E-state index is 11.5. The van der Waals surface area contributed by atoms with Crippen LogP contribution in [0.3, 0.4) is 0 Å². The summed E-state index contributed by atoms with van der Waals surface area (Å²) in [5.41, 5.74) is 1.83. The molecule has 1 aliphatic carbocycles. The van der Waals surface area contributed by atoms with Crippen LogP contribution in [0.15, 0.2) is 31.2 Å². The molecule has 1 fully saturated rings. The van der Waals surface area contributed by atoms with Gasteiger partial charge in [0.1, 0.15) is 5.82 Å². The predicted octanol–water partition coefficient (Wildman–Crippen LogP) is 2.29. The van der Waals surface area contributed by atoms with Crippen LogP contribution in [0.25, 0.3) is 0 Å². The molecule has 2 heterocycles. The lowest BCUT2D eigenvalue weighted by Crippen LogP contribution is -2.41. The van der Waals surface area contributed by atoms with Gasteiger partial charge in [0.15, 0.2) is 0 Å². The summed E-state index contributed by atoms with van der Waals surface area (Å²) in [7, 11) is 1.86. The van der Waals surface area contributed by atoms with Gasteiger partial charge in [0, 0.05) is 37.1 Å². The highest BCUT2D eigenvalue weighted by Gasteiger charge is 2.23. The van der Waals surface area contributed by atoms with Crippen LogP contribution in [-0.2, 0) is 11.8 Å². The summed E-state index contributed by atoms with van der Waals surface area (Å²) in [6, 6.07) is 0.431. The number of nitrogens with one attached hydrogen (secondary N) is 3. The molecule has 0 radical (unpaired) electrons. The molecule has 26 heavy (non-hydrogen) atoms. The molecule has 1 saturated carbocycles. The van der Waals surface area contributed by atoms with E-state index in [2.05, 4.69) is 37.6 Å². The van der Waals surface area contributed by atoms with Crippen LogP contribution in [0.1, 0.15) is 31.2 Å². The number of nitrogens with zero attached hydrogens (tertiary/aromatic N) is 4. The van der Waals surface area contributed by atoms with Gasteiger partial charge in [0.25, 0.3) is 0 Å². The van der Waals surface area contributed by atoms with Crippen LogP contribution in [0.5, 0.6) is 0 Å². The monoisotopic (exact) mass is 355 g/mol. The van der Waals surface area contributed by atoms with Gasteiger partial charge < -0.3 is 16.0 Å². The van der Waals surface area contributed by atoms with Gasteiger partial charge >= 0.3 is 0 Å². The van der Waals surface area contributed by atoms with Crippen molar-refractivity contribution in [3.05, 3.63) is 36.8 Å². The molecule has 1 amide bonds. The number of rotatable bonds is 6. The molecule has 0 spiro atoms. The average Bonchev–Trinajstić information content (AvgIpc) is 3.03. The van der Waals surface area contributed by atoms with Gasteiger partial charge in [-0.15, -0.1) is 0 Å². The highest BCUT2D eigenvalue weighted by Crippen LogP contribution is 2.24. The summed E-state index contributed by atoms with van der Waals surface area (Å²) in [5.74, 6) is 1.22. The van der Waals surface area contributed by atoms with E-state index in [1.165, 1.54) is 6.08 Å². The minimum Gasteiger partial charge on any atom is -0.367 e. The molecule has 138 valence electrons. The molecule has 1 aliphatic rings. The Morgan fingerprint density at radius 2 is 2.15 bits per heavy atom. The quantitative estimate of drug-likeness (QED) is 0.688. The molecule has 0 bridgehead atoms. The van der Waals surface area contributed by atoms with Gasteiger partial charge in [-0.3, -0.25) is 9.48 Å². The molecule has 2 unspecified atom stereocenters. The van der Waals surface area contributed by atoms with Crippen molar-refractivity contribution in [1.82, 2.24) is 25.1 Å². The number of carbonyl (C=O) groups excluding carboxylic acids is 1. The molecule has 0 saturated heterocycles. The Morgan fingerprint density at radius 1 is 1.35 bits per heavy atom. The zero-order valence-corrected chi connectivity index (χ0v) is 15.2. The van der Waals surface area contributed by atoms with E-state index in [1.807, 2.05) is 20.2 Å². The number of hydrogen-bond acceptors (Lipinski definition) is 6. The molecule has 0 aromatic carbocycles. The molecule has 2 atom stereocenters. The van der Waals surface area contributed by atoms with Crippen molar-refractivity contribution in [3.8, 4) is 0 Å². The van der Waals surface area contributed by atoms with Gasteiger partial charge in [0.2, 0.25) is 11.9 Å². The third kappa shape index (κ3) is 4.59. The Hall–Kier alpha value is -2.90. The van der Waals surface area contributed by atoms with E-state index < -0.39 is 0 Å². The Bertz CT molecular complexity index is 786. The molecule has 3 N–H and O–H groups in total. The van der Waals surface area contributed by atoms with Gasteiger partial charge in [0.05, 0.1) is 11.9 Å². The van der Waals surface area contributed by atoms with E-state index in [4.69, 9.17) is 0 Å². The van der Waals surface area contributed by atoms with E-state index in [9.17, 15) is 4.79 Å². The largest absolute Gasteiger partial charge is 0.367 e. The highest BCUT2D eigenvalue weighted by atomic mass is 16.1. The van der Waals surface area contributed by atoms with E-state index in [-0.39, 0.29) is 18.0 Å². The molecule has 8 heteroatoms. The topological polar surface area (TPSA) is 96.8 Å². The molecule has 3 rings (SSSR count). The highest BCUT2D eigenvalue weighted by molar-refractivity contribution is 5.87. The van der Waals surface area contributed by atoms with E-state index in [0.717, 1.165) is 42.8 Å². The molecule has 0 aliphatic heterocycles. The smallest absolute Gasteiger partial charge is 0.243 e. The van der Waals surface area contributed by atoms with E-state index in [0.29, 0.717) is 5.95 Å². The lowest BCUT2D eigenvalue weighted by molar-refractivity contribution is -0.117. The maximum Gasteiger partial charge on any atom is 0.243 e. The third-order valence-corrected chi connectivity index (χ3v) is 4.48. The first kappa shape index (κ1) is 17.9. The average molecular weight is 355 g/mol. The number of carbonyl (C=O) groups is 1. The zero-order valence-electron chi connectivity index (χ0n) is 15.2. The van der Waals surface area contributed by atoms with Crippen LogP contribution >= 0.6 is 0 Å². The number of hydrogen-bond donors (Lipinski definition) is 3. The van der Waals surface area contributed by atoms with Crippen LogP contribution < -0.4 is 16.0 Å². The van der Waals surface area contributed by atoms with Crippen molar-refractivity contribution in [3.63, 3.8) is 0 Å². The number of amides is 1.